The zero-order valence-corrected chi connectivity index (χ0v) is 10.9. The molecule has 0 saturated carbocycles. The number of nitrogens with one attached hydrogen (secondary N) is 1. The first kappa shape index (κ1) is 11.9. The van der Waals surface area contributed by atoms with E-state index in [2.05, 4.69) is 16.4 Å². The highest BCUT2D eigenvalue weighted by atomic mass is 16.2. The van der Waals surface area contributed by atoms with Crippen molar-refractivity contribution >= 4 is 11.6 Å². The van der Waals surface area contributed by atoms with Crippen molar-refractivity contribution in [2.75, 3.05) is 5.32 Å². The molecule has 3 rings (SSSR count). The zero-order chi connectivity index (χ0) is 13.3. The van der Waals surface area contributed by atoms with Gasteiger partial charge >= 0.3 is 0 Å². The van der Waals surface area contributed by atoms with Gasteiger partial charge in [0.1, 0.15) is 0 Å². The van der Waals surface area contributed by atoms with E-state index in [1.54, 1.807) is 12.4 Å². The second kappa shape index (κ2) is 4.50. The second-order valence-corrected chi connectivity index (χ2v) is 5.19. The predicted molar refractivity (Wildman–Crippen MR) is 75.0 cm³/mol. The molecule has 1 N–H and O–H groups in total. The molecule has 1 aromatic heterocycles. The van der Waals surface area contributed by atoms with E-state index < -0.39 is 5.41 Å². The van der Waals surface area contributed by atoms with Gasteiger partial charge in [-0.05, 0) is 43.0 Å². The number of carbonyl (C=O) groups is 1. The molecule has 96 valence electrons. The van der Waals surface area contributed by atoms with Gasteiger partial charge in [0.05, 0.1) is 5.41 Å². The average molecular weight is 252 g/mol. The number of nitrogens with zero attached hydrogens (tertiary/aromatic N) is 1. The lowest BCUT2D eigenvalue weighted by Crippen LogP contribution is -2.36. The van der Waals surface area contributed by atoms with Crippen LogP contribution in [0.4, 0.5) is 5.69 Å². The Hall–Kier alpha value is -2.16. The molecule has 0 radical (unpaired) electrons. The van der Waals surface area contributed by atoms with Gasteiger partial charge in [0.25, 0.3) is 0 Å². The minimum Gasteiger partial charge on any atom is -0.325 e. The largest absolute Gasteiger partial charge is 0.325 e. The van der Waals surface area contributed by atoms with E-state index in [0.717, 1.165) is 24.1 Å². The third kappa shape index (κ3) is 2.01. The van der Waals surface area contributed by atoms with Crippen molar-refractivity contribution in [1.29, 1.82) is 0 Å². The van der Waals surface area contributed by atoms with Crippen molar-refractivity contribution in [3.8, 4) is 0 Å². The van der Waals surface area contributed by atoms with Crippen LogP contribution in [-0.4, -0.2) is 10.9 Å². The fourth-order valence-electron chi connectivity index (χ4n) is 2.58. The molecule has 0 fully saturated rings. The number of benzene rings is 1. The average Bonchev–Trinajstić information content (AvgIpc) is 2.59. The van der Waals surface area contributed by atoms with Crippen LogP contribution in [0.25, 0.3) is 0 Å². The third-order valence-corrected chi connectivity index (χ3v) is 3.96. The highest BCUT2D eigenvalue weighted by Gasteiger charge is 2.37. The molecule has 1 aliphatic heterocycles. The number of fused-ring (bicyclic) bond motifs is 1. The summed E-state index contributed by atoms with van der Waals surface area (Å²) in [6, 6.07) is 11.9. The monoisotopic (exact) mass is 252 g/mol. The molecule has 3 nitrogen and oxygen atoms in total. The molecule has 0 saturated heterocycles. The molecule has 1 atom stereocenters. The number of hydrogen-bond acceptors (Lipinski definition) is 2. The van der Waals surface area contributed by atoms with Crippen molar-refractivity contribution < 1.29 is 4.79 Å². The SMILES string of the molecule is C[C@@]1(c2cccnc2)CCc2ccccc2NC1=O. The molecule has 1 aliphatic rings. The summed E-state index contributed by atoms with van der Waals surface area (Å²) in [7, 11) is 0. The van der Waals surface area contributed by atoms with Gasteiger partial charge in [0, 0.05) is 18.1 Å². The summed E-state index contributed by atoms with van der Waals surface area (Å²) in [4.78, 5) is 16.7. The summed E-state index contributed by atoms with van der Waals surface area (Å²) in [5.41, 5.74) is 2.58. The number of aromatic nitrogens is 1. The Balaban J connectivity index is 2.01. The first-order valence-corrected chi connectivity index (χ1v) is 6.50. The molecule has 1 aromatic carbocycles. The van der Waals surface area contributed by atoms with Crippen LogP contribution in [0.2, 0.25) is 0 Å². The molecule has 0 bridgehead atoms. The van der Waals surface area contributed by atoms with Crippen molar-refractivity contribution in [3.05, 3.63) is 59.9 Å². The minimum atomic E-state index is -0.521. The highest BCUT2D eigenvalue weighted by molar-refractivity contribution is 6.00. The molecule has 1 amide bonds. The van der Waals surface area contributed by atoms with Gasteiger partial charge in [-0.25, -0.2) is 0 Å². The Morgan fingerprint density at radius 3 is 2.84 bits per heavy atom. The molecule has 2 heterocycles. The Kier molecular flexibility index (Phi) is 2.82. The molecule has 19 heavy (non-hydrogen) atoms. The van der Waals surface area contributed by atoms with Crippen molar-refractivity contribution in [3.63, 3.8) is 0 Å². The van der Waals surface area contributed by atoms with Gasteiger partial charge in [-0.3, -0.25) is 9.78 Å². The predicted octanol–water partition coefficient (Wildman–Crippen LogP) is 2.92. The van der Waals surface area contributed by atoms with Crippen LogP contribution >= 0.6 is 0 Å². The summed E-state index contributed by atoms with van der Waals surface area (Å²) in [5, 5.41) is 3.04. The van der Waals surface area contributed by atoms with E-state index in [-0.39, 0.29) is 5.91 Å². The van der Waals surface area contributed by atoms with Gasteiger partial charge in [0.15, 0.2) is 0 Å². The first-order valence-electron chi connectivity index (χ1n) is 6.50. The van der Waals surface area contributed by atoms with Gasteiger partial charge < -0.3 is 5.32 Å². The summed E-state index contributed by atoms with van der Waals surface area (Å²) < 4.78 is 0. The lowest BCUT2D eigenvalue weighted by molar-refractivity contribution is -0.121. The molecular formula is C16H16N2O. The van der Waals surface area contributed by atoms with E-state index in [1.807, 2.05) is 37.3 Å². The highest BCUT2D eigenvalue weighted by Crippen LogP contribution is 2.34. The Morgan fingerprint density at radius 1 is 1.21 bits per heavy atom. The molecule has 0 spiro atoms. The van der Waals surface area contributed by atoms with E-state index in [0.29, 0.717) is 0 Å². The number of carbonyl (C=O) groups excluding carboxylic acids is 1. The summed E-state index contributed by atoms with van der Waals surface area (Å²) in [6.07, 6.45) is 5.20. The van der Waals surface area contributed by atoms with Crippen LogP contribution in [0.5, 0.6) is 0 Å². The van der Waals surface area contributed by atoms with Gasteiger partial charge in [-0.2, -0.15) is 0 Å². The second-order valence-electron chi connectivity index (χ2n) is 5.19. The van der Waals surface area contributed by atoms with Crippen LogP contribution < -0.4 is 5.32 Å². The van der Waals surface area contributed by atoms with E-state index in [1.165, 1.54) is 5.56 Å². The topological polar surface area (TPSA) is 42.0 Å². The van der Waals surface area contributed by atoms with Crippen LogP contribution in [0.1, 0.15) is 24.5 Å². The fourth-order valence-corrected chi connectivity index (χ4v) is 2.58. The summed E-state index contributed by atoms with van der Waals surface area (Å²) >= 11 is 0. The molecule has 0 unspecified atom stereocenters. The first-order chi connectivity index (χ1) is 9.20. The lowest BCUT2D eigenvalue weighted by Gasteiger charge is -2.26. The maximum atomic E-state index is 12.6. The van der Waals surface area contributed by atoms with E-state index >= 15 is 0 Å². The van der Waals surface area contributed by atoms with Crippen LogP contribution in [-0.2, 0) is 16.6 Å². The number of pyridine rings is 1. The van der Waals surface area contributed by atoms with E-state index in [9.17, 15) is 4.79 Å². The van der Waals surface area contributed by atoms with Gasteiger partial charge in [0.2, 0.25) is 5.91 Å². The zero-order valence-electron chi connectivity index (χ0n) is 10.9. The van der Waals surface area contributed by atoms with Crippen LogP contribution in [0.3, 0.4) is 0 Å². The maximum absolute atomic E-state index is 12.6. The smallest absolute Gasteiger partial charge is 0.234 e. The molecule has 3 heteroatoms. The van der Waals surface area contributed by atoms with E-state index in [4.69, 9.17) is 0 Å². The fraction of sp³-hybridized carbons (Fsp3) is 0.250. The van der Waals surface area contributed by atoms with Gasteiger partial charge in [-0.15, -0.1) is 0 Å². The number of aryl methyl sites for hydroxylation is 1. The number of amides is 1. The van der Waals surface area contributed by atoms with Gasteiger partial charge in [-0.1, -0.05) is 24.3 Å². The number of para-hydroxylation sites is 1. The molecular weight excluding hydrogens is 236 g/mol. The molecule has 0 aliphatic carbocycles. The minimum absolute atomic E-state index is 0.0467. The van der Waals surface area contributed by atoms with Crippen molar-refractivity contribution in [2.45, 2.75) is 25.2 Å². The normalized spacial score (nSPS) is 22.3. The molecule has 2 aromatic rings. The maximum Gasteiger partial charge on any atom is 0.234 e. The van der Waals surface area contributed by atoms with Crippen molar-refractivity contribution in [1.82, 2.24) is 4.98 Å². The summed E-state index contributed by atoms with van der Waals surface area (Å²) in [6.45, 7) is 1.99. The van der Waals surface area contributed by atoms with Crippen molar-refractivity contribution in [2.24, 2.45) is 0 Å². The third-order valence-electron chi connectivity index (χ3n) is 3.96. The number of anilines is 1. The number of hydrogen-bond donors (Lipinski definition) is 1. The Bertz CT molecular complexity index is 609. The van der Waals surface area contributed by atoms with Crippen LogP contribution in [0, 0.1) is 0 Å². The number of rotatable bonds is 1. The standard InChI is InChI=1S/C16H16N2O/c1-16(13-6-4-10-17-11-13)9-8-12-5-2-3-7-14(12)18-15(16)19/h2-7,10-11H,8-9H2,1H3,(H,18,19)/t16-/m0/s1. The Morgan fingerprint density at radius 2 is 2.05 bits per heavy atom. The quantitative estimate of drug-likeness (QED) is 0.848. The Labute approximate surface area is 112 Å². The van der Waals surface area contributed by atoms with Crippen LogP contribution in [0.15, 0.2) is 48.8 Å². The lowest BCUT2D eigenvalue weighted by atomic mass is 9.78. The summed E-state index contributed by atoms with van der Waals surface area (Å²) in [5.74, 6) is 0.0467.